The molecular formula is C14H21N3O2. The van der Waals surface area contributed by atoms with Crippen LogP contribution in [0.4, 0.5) is 0 Å². The highest BCUT2D eigenvalue weighted by Crippen LogP contribution is 2.36. The number of pyridine rings is 1. The number of hydrogen-bond acceptors (Lipinski definition) is 4. The molecule has 1 amide bonds. The second-order valence-electron chi connectivity index (χ2n) is 5.50. The van der Waals surface area contributed by atoms with E-state index >= 15 is 0 Å². The molecule has 5 nitrogen and oxygen atoms in total. The Kier molecular flexibility index (Phi) is 3.75. The molecule has 0 aromatic carbocycles. The lowest BCUT2D eigenvalue weighted by atomic mass is 9.75. The summed E-state index contributed by atoms with van der Waals surface area (Å²) in [6.45, 7) is 0.662. The molecule has 5 heteroatoms. The van der Waals surface area contributed by atoms with E-state index in [2.05, 4.69) is 24.0 Å². The Balaban J connectivity index is 2.10. The first-order valence-corrected chi connectivity index (χ1v) is 6.53. The average molecular weight is 263 g/mol. The van der Waals surface area contributed by atoms with Crippen LogP contribution in [0.1, 0.15) is 29.8 Å². The SMILES string of the molecule is CN(CC1(N(C)C)CCC1)C(=O)c1ncccc1O. The van der Waals surface area contributed by atoms with Crippen molar-refractivity contribution in [2.75, 3.05) is 27.7 Å². The highest BCUT2D eigenvalue weighted by atomic mass is 16.3. The zero-order valence-corrected chi connectivity index (χ0v) is 11.8. The van der Waals surface area contributed by atoms with Gasteiger partial charge in [0.05, 0.1) is 0 Å². The van der Waals surface area contributed by atoms with E-state index < -0.39 is 0 Å². The number of likely N-dealkylation sites (N-methyl/N-ethyl adjacent to an activating group) is 2. The van der Waals surface area contributed by atoms with E-state index in [9.17, 15) is 9.90 Å². The van der Waals surface area contributed by atoms with Gasteiger partial charge in [0.2, 0.25) is 0 Å². The van der Waals surface area contributed by atoms with Gasteiger partial charge in [0.15, 0.2) is 5.69 Å². The lowest BCUT2D eigenvalue weighted by Crippen LogP contribution is -2.57. The molecule has 1 saturated carbocycles. The van der Waals surface area contributed by atoms with E-state index in [1.165, 1.54) is 18.7 Å². The minimum Gasteiger partial charge on any atom is -0.505 e. The lowest BCUT2D eigenvalue weighted by Gasteiger charge is -2.49. The van der Waals surface area contributed by atoms with E-state index in [-0.39, 0.29) is 22.9 Å². The number of carbonyl (C=O) groups excluding carboxylic acids is 1. The van der Waals surface area contributed by atoms with Gasteiger partial charge in [-0.15, -0.1) is 0 Å². The summed E-state index contributed by atoms with van der Waals surface area (Å²) >= 11 is 0. The van der Waals surface area contributed by atoms with E-state index in [0.29, 0.717) is 6.54 Å². The van der Waals surface area contributed by atoms with Gasteiger partial charge in [-0.05, 0) is 45.5 Å². The quantitative estimate of drug-likeness (QED) is 0.890. The highest BCUT2D eigenvalue weighted by molar-refractivity contribution is 5.94. The fourth-order valence-corrected chi connectivity index (χ4v) is 2.59. The Bertz CT molecular complexity index is 470. The third-order valence-corrected chi connectivity index (χ3v) is 4.10. The van der Waals surface area contributed by atoms with E-state index in [0.717, 1.165) is 12.8 Å². The van der Waals surface area contributed by atoms with Crippen LogP contribution in [0.5, 0.6) is 5.75 Å². The molecule has 0 bridgehead atoms. The number of nitrogens with zero attached hydrogens (tertiary/aromatic N) is 3. The van der Waals surface area contributed by atoms with Crippen LogP contribution in [0, 0.1) is 0 Å². The van der Waals surface area contributed by atoms with Crippen LogP contribution in [-0.4, -0.2) is 59.0 Å². The Morgan fingerprint density at radius 1 is 1.42 bits per heavy atom. The average Bonchev–Trinajstić information content (AvgIpc) is 2.32. The van der Waals surface area contributed by atoms with Crippen LogP contribution in [0.25, 0.3) is 0 Å². The fourth-order valence-electron chi connectivity index (χ4n) is 2.59. The predicted molar refractivity (Wildman–Crippen MR) is 73.1 cm³/mol. The molecule has 19 heavy (non-hydrogen) atoms. The molecule has 104 valence electrons. The van der Waals surface area contributed by atoms with Crippen LogP contribution < -0.4 is 0 Å². The molecule has 0 unspecified atom stereocenters. The molecule has 0 radical (unpaired) electrons. The van der Waals surface area contributed by atoms with Crippen molar-refractivity contribution in [1.82, 2.24) is 14.8 Å². The van der Waals surface area contributed by atoms with Crippen molar-refractivity contribution in [2.24, 2.45) is 0 Å². The number of carbonyl (C=O) groups is 1. The van der Waals surface area contributed by atoms with Crippen LogP contribution in [-0.2, 0) is 0 Å². The van der Waals surface area contributed by atoms with Crippen molar-refractivity contribution in [1.29, 1.82) is 0 Å². The lowest BCUT2D eigenvalue weighted by molar-refractivity contribution is 0.0249. The van der Waals surface area contributed by atoms with Gasteiger partial charge in [-0.25, -0.2) is 4.98 Å². The molecule has 1 aliphatic carbocycles. The molecule has 0 saturated heterocycles. The maximum atomic E-state index is 12.3. The number of aromatic nitrogens is 1. The summed E-state index contributed by atoms with van der Waals surface area (Å²) in [4.78, 5) is 20.1. The summed E-state index contributed by atoms with van der Waals surface area (Å²) in [5, 5.41) is 9.69. The van der Waals surface area contributed by atoms with E-state index in [4.69, 9.17) is 0 Å². The largest absolute Gasteiger partial charge is 0.505 e. The molecule has 1 N–H and O–H groups in total. The van der Waals surface area contributed by atoms with Crippen molar-refractivity contribution in [3.63, 3.8) is 0 Å². The van der Waals surface area contributed by atoms with Gasteiger partial charge in [-0.2, -0.15) is 0 Å². The number of hydrogen-bond donors (Lipinski definition) is 1. The summed E-state index contributed by atoms with van der Waals surface area (Å²) in [5.74, 6) is -0.293. The van der Waals surface area contributed by atoms with E-state index in [1.54, 1.807) is 18.0 Å². The maximum absolute atomic E-state index is 12.3. The number of amides is 1. The van der Waals surface area contributed by atoms with Crippen molar-refractivity contribution in [3.8, 4) is 5.75 Å². The molecule has 1 aromatic heterocycles. The minimum absolute atomic E-state index is 0.0631. The first-order chi connectivity index (χ1) is 8.96. The Labute approximate surface area is 113 Å². The van der Waals surface area contributed by atoms with Gasteiger partial charge in [0.25, 0.3) is 5.91 Å². The minimum atomic E-state index is -0.230. The van der Waals surface area contributed by atoms with Gasteiger partial charge in [-0.1, -0.05) is 0 Å². The molecular weight excluding hydrogens is 242 g/mol. The summed E-state index contributed by atoms with van der Waals surface area (Å²) in [7, 11) is 5.87. The third kappa shape index (κ3) is 2.56. The van der Waals surface area contributed by atoms with Gasteiger partial charge in [-0.3, -0.25) is 4.79 Å². The molecule has 0 spiro atoms. The summed E-state index contributed by atoms with van der Waals surface area (Å²) in [6, 6.07) is 3.10. The summed E-state index contributed by atoms with van der Waals surface area (Å²) in [6.07, 6.45) is 4.93. The smallest absolute Gasteiger partial charge is 0.276 e. The fraction of sp³-hybridized carbons (Fsp3) is 0.571. The monoisotopic (exact) mass is 263 g/mol. The van der Waals surface area contributed by atoms with Crippen LogP contribution >= 0.6 is 0 Å². The molecule has 1 heterocycles. The zero-order valence-electron chi connectivity index (χ0n) is 11.8. The number of rotatable bonds is 4. The number of aromatic hydroxyl groups is 1. The molecule has 1 aliphatic rings. The van der Waals surface area contributed by atoms with Crippen LogP contribution in [0.2, 0.25) is 0 Å². The van der Waals surface area contributed by atoms with Crippen molar-refractivity contribution >= 4 is 5.91 Å². The van der Waals surface area contributed by atoms with Gasteiger partial charge >= 0.3 is 0 Å². The highest BCUT2D eigenvalue weighted by Gasteiger charge is 2.41. The van der Waals surface area contributed by atoms with Gasteiger partial charge in [0, 0.05) is 25.3 Å². The van der Waals surface area contributed by atoms with Gasteiger partial charge in [0.1, 0.15) is 5.75 Å². The third-order valence-electron chi connectivity index (χ3n) is 4.10. The van der Waals surface area contributed by atoms with Crippen molar-refractivity contribution in [2.45, 2.75) is 24.8 Å². The van der Waals surface area contributed by atoms with Crippen LogP contribution in [0.15, 0.2) is 18.3 Å². The predicted octanol–water partition coefficient (Wildman–Crippen LogP) is 1.34. The normalized spacial score (nSPS) is 17.1. The topological polar surface area (TPSA) is 56.7 Å². The second-order valence-corrected chi connectivity index (χ2v) is 5.50. The second kappa shape index (κ2) is 5.17. The van der Waals surface area contributed by atoms with E-state index in [1.807, 2.05) is 0 Å². The molecule has 1 aromatic rings. The Morgan fingerprint density at radius 2 is 2.11 bits per heavy atom. The van der Waals surface area contributed by atoms with Gasteiger partial charge < -0.3 is 14.9 Å². The summed E-state index contributed by atoms with van der Waals surface area (Å²) < 4.78 is 0. The Morgan fingerprint density at radius 3 is 2.58 bits per heavy atom. The molecule has 0 atom stereocenters. The Hall–Kier alpha value is -1.62. The first kappa shape index (κ1) is 13.8. The molecule has 0 aliphatic heterocycles. The maximum Gasteiger partial charge on any atom is 0.276 e. The van der Waals surface area contributed by atoms with Crippen molar-refractivity contribution in [3.05, 3.63) is 24.0 Å². The standard InChI is InChI=1S/C14H21N3O2/c1-16(2)14(7-5-8-14)10-17(3)13(19)12-11(18)6-4-9-15-12/h4,6,9,18H,5,7-8,10H2,1-3H3. The zero-order chi connectivity index (χ0) is 14.0. The molecule has 2 rings (SSSR count). The van der Waals surface area contributed by atoms with Crippen LogP contribution in [0.3, 0.4) is 0 Å². The first-order valence-electron chi connectivity index (χ1n) is 6.53. The van der Waals surface area contributed by atoms with Crippen molar-refractivity contribution < 1.29 is 9.90 Å². The molecule has 1 fully saturated rings. The summed E-state index contributed by atoms with van der Waals surface area (Å²) in [5.41, 5.74) is 0.202.